The van der Waals surface area contributed by atoms with Gasteiger partial charge >= 0.3 is 0 Å². The van der Waals surface area contributed by atoms with E-state index in [0.717, 1.165) is 37.6 Å². The van der Waals surface area contributed by atoms with Crippen molar-refractivity contribution >= 4 is 0 Å². The van der Waals surface area contributed by atoms with Crippen LogP contribution < -0.4 is 10.1 Å². The first-order valence-corrected chi connectivity index (χ1v) is 7.46. The summed E-state index contributed by atoms with van der Waals surface area (Å²) in [4.78, 5) is 4.59. The lowest BCUT2D eigenvalue weighted by Crippen LogP contribution is -2.11. The highest BCUT2D eigenvalue weighted by Crippen LogP contribution is 2.16. The molecular weight excluding hydrogens is 236 g/mol. The minimum Gasteiger partial charge on any atom is -0.477 e. The molecule has 1 heterocycles. The molecule has 0 bridgehead atoms. The molecule has 19 heavy (non-hydrogen) atoms. The molecule has 1 atom stereocenters. The SMILES string of the molecule is CCCc1cc(CNC)cc(OCC(C)CCC)n1. The molecule has 0 aromatic carbocycles. The van der Waals surface area contributed by atoms with E-state index in [4.69, 9.17) is 4.74 Å². The van der Waals surface area contributed by atoms with Crippen LogP contribution in [0.15, 0.2) is 12.1 Å². The lowest BCUT2D eigenvalue weighted by atomic mass is 10.1. The molecule has 1 aromatic heterocycles. The highest BCUT2D eigenvalue weighted by Gasteiger charge is 2.06. The zero-order valence-electron chi connectivity index (χ0n) is 12.8. The molecule has 0 aliphatic rings. The van der Waals surface area contributed by atoms with Gasteiger partial charge in [-0.05, 0) is 37.4 Å². The molecule has 0 saturated heterocycles. The Morgan fingerprint density at radius 1 is 1.26 bits per heavy atom. The van der Waals surface area contributed by atoms with Crippen LogP contribution in [-0.4, -0.2) is 18.6 Å². The van der Waals surface area contributed by atoms with Crippen LogP contribution in [0.5, 0.6) is 5.88 Å². The van der Waals surface area contributed by atoms with Gasteiger partial charge in [-0.1, -0.05) is 33.6 Å². The van der Waals surface area contributed by atoms with E-state index < -0.39 is 0 Å². The predicted octanol–water partition coefficient (Wildman–Crippen LogP) is 3.57. The molecular formula is C16H28N2O. The minimum absolute atomic E-state index is 0.592. The van der Waals surface area contributed by atoms with Crippen LogP contribution in [0.4, 0.5) is 0 Å². The minimum atomic E-state index is 0.592. The Balaban J connectivity index is 2.69. The Kier molecular flexibility index (Phi) is 7.49. The molecule has 0 saturated carbocycles. The van der Waals surface area contributed by atoms with Gasteiger partial charge in [0.1, 0.15) is 0 Å². The zero-order valence-corrected chi connectivity index (χ0v) is 12.8. The summed E-state index contributed by atoms with van der Waals surface area (Å²) >= 11 is 0. The number of ether oxygens (including phenoxy) is 1. The number of hydrogen-bond donors (Lipinski definition) is 1. The average Bonchev–Trinajstić information content (AvgIpc) is 2.37. The fraction of sp³-hybridized carbons (Fsp3) is 0.688. The quantitative estimate of drug-likeness (QED) is 0.740. The van der Waals surface area contributed by atoms with E-state index in [1.165, 1.54) is 18.4 Å². The van der Waals surface area contributed by atoms with Crippen LogP contribution >= 0.6 is 0 Å². The number of nitrogens with one attached hydrogen (secondary N) is 1. The number of nitrogens with zero attached hydrogens (tertiary/aromatic N) is 1. The summed E-state index contributed by atoms with van der Waals surface area (Å²) in [7, 11) is 1.96. The molecule has 0 spiro atoms. The molecule has 1 unspecified atom stereocenters. The molecule has 3 nitrogen and oxygen atoms in total. The predicted molar refractivity (Wildman–Crippen MR) is 80.6 cm³/mol. The van der Waals surface area contributed by atoms with Gasteiger partial charge in [-0.2, -0.15) is 0 Å². The van der Waals surface area contributed by atoms with E-state index in [-0.39, 0.29) is 0 Å². The van der Waals surface area contributed by atoms with Gasteiger partial charge in [0.15, 0.2) is 0 Å². The van der Waals surface area contributed by atoms with Crippen molar-refractivity contribution in [1.82, 2.24) is 10.3 Å². The molecule has 0 amide bonds. The first-order chi connectivity index (χ1) is 9.19. The van der Waals surface area contributed by atoms with Gasteiger partial charge in [-0.3, -0.25) is 0 Å². The van der Waals surface area contributed by atoms with Crippen LogP contribution in [0, 0.1) is 5.92 Å². The fourth-order valence-corrected chi connectivity index (χ4v) is 2.19. The third-order valence-electron chi connectivity index (χ3n) is 3.10. The van der Waals surface area contributed by atoms with Gasteiger partial charge in [0.25, 0.3) is 0 Å². The molecule has 1 aromatic rings. The highest BCUT2D eigenvalue weighted by atomic mass is 16.5. The average molecular weight is 264 g/mol. The van der Waals surface area contributed by atoms with Gasteiger partial charge < -0.3 is 10.1 Å². The van der Waals surface area contributed by atoms with Gasteiger partial charge in [-0.15, -0.1) is 0 Å². The number of aromatic nitrogens is 1. The second-order valence-electron chi connectivity index (χ2n) is 5.29. The van der Waals surface area contributed by atoms with Crippen molar-refractivity contribution in [2.45, 2.75) is 53.0 Å². The standard InChI is InChI=1S/C16H28N2O/c1-5-7-13(3)12-19-16-10-14(11-17-4)9-15(18-16)8-6-2/h9-10,13,17H,5-8,11-12H2,1-4H3. The maximum absolute atomic E-state index is 5.86. The van der Waals surface area contributed by atoms with Gasteiger partial charge in [-0.25, -0.2) is 4.98 Å². The summed E-state index contributed by atoms with van der Waals surface area (Å²) in [5, 5.41) is 3.18. The largest absolute Gasteiger partial charge is 0.477 e. The van der Waals surface area contributed by atoms with Crippen molar-refractivity contribution in [3.63, 3.8) is 0 Å². The number of hydrogen-bond acceptors (Lipinski definition) is 3. The lowest BCUT2D eigenvalue weighted by Gasteiger charge is -2.13. The van der Waals surface area contributed by atoms with E-state index in [0.29, 0.717) is 5.92 Å². The molecule has 108 valence electrons. The van der Waals surface area contributed by atoms with Crippen LogP contribution in [-0.2, 0) is 13.0 Å². The van der Waals surface area contributed by atoms with Crippen LogP contribution in [0.25, 0.3) is 0 Å². The maximum Gasteiger partial charge on any atom is 0.213 e. The highest BCUT2D eigenvalue weighted by molar-refractivity contribution is 5.25. The lowest BCUT2D eigenvalue weighted by molar-refractivity contribution is 0.242. The van der Waals surface area contributed by atoms with Crippen LogP contribution in [0.2, 0.25) is 0 Å². The third kappa shape index (κ3) is 6.06. The van der Waals surface area contributed by atoms with Crippen LogP contribution in [0.1, 0.15) is 51.3 Å². The van der Waals surface area contributed by atoms with E-state index in [9.17, 15) is 0 Å². The maximum atomic E-state index is 5.86. The summed E-state index contributed by atoms with van der Waals surface area (Å²) in [6, 6.07) is 4.22. The van der Waals surface area contributed by atoms with Crippen LogP contribution in [0.3, 0.4) is 0 Å². The van der Waals surface area contributed by atoms with Gasteiger partial charge in [0.2, 0.25) is 5.88 Å². The number of rotatable bonds is 9. The van der Waals surface area contributed by atoms with Crippen molar-refractivity contribution in [3.05, 3.63) is 23.4 Å². The van der Waals surface area contributed by atoms with E-state index >= 15 is 0 Å². The van der Waals surface area contributed by atoms with E-state index in [1.807, 2.05) is 13.1 Å². The molecule has 0 fully saturated rings. The molecule has 3 heteroatoms. The first kappa shape index (κ1) is 16.0. The Labute approximate surface area is 117 Å². The van der Waals surface area contributed by atoms with Crippen molar-refractivity contribution < 1.29 is 4.74 Å². The Bertz CT molecular complexity index is 342. The monoisotopic (exact) mass is 264 g/mol. The van der Waals surface area contributed by atoms with Crippen molar-refractivity contribution in [3.8, 4) is 5.88 Å². The molecule has 0 aliphatic carbocycles. The van der Waals surface area contributed by atoms with Gasteiger partial charge in [0, 0.05) is 18.3 Å². The first-order valence-electron chi connectivity index (χ1n) is 7.46. The summed E-state index contributed by atoms with van der Waals surface area (Å²) in [6.07, 6.45) is 4.54. The summed E-state index contributed by atoms with van der Waals surface area (Å²) in [6.45, 7) is 8.24. The van der Waals surface area contributed by atoms with Crippen molar-refractivity contribution in [2.75, 3.05) is 13.7 Å². The Morgan fingerprint density at radius 2 is 2.05 bits per heavy atom. The topological polar surface area (TPSA) is 34.1 Å². The molecule has 1 rings (SSSR count). The van der Waals surface area contributed by atoms with Crippen molar-refractivity contribution in [1.29, 1.82) is 0 Å². The fourth-order valence-electron chi connectivity index (χ4n) is 2.19. The number of pyridine rings is 1. The van der Waals surface area contributed by atoms with Crippen molar-refractivity contribution in [2.24, 2.45) is 5.92 Å². The molecule has 0 aliphatic heterocycles. The summed E-state index contributed by atoms with van der Waals surface area (Å²) in [5.41, 5.74) is 2.38. The second kappa shape index (κ2) is 8.92. The second-order valence-corrected chi connectivity index (χ2v) is 5.29. The third-order valence-corrected chi connectivity index (χ3v) is 3.10. The normalized spacial score (nSPS) is 12.4. The summed E-state index contributed by atoms with van der Waals surface area (Å²) in [5.74, 6) is 1.37. The van der Waals surface area contributed by atoms with E-state index in [1.54, 1.807) is 0 Å². The smallest absolute Gasteiger partial charge is 0.213 e. The Morgan fingerprint density at radius 3 is 2.68 bits per heavy atom. The number of aryl methyl sites for hydroxylation is 1. The molecule has 1 N–H and O–H groups in total. The van der Waals surface area contributed by atoms with E-state index in [2.05, 4.69) is 37.1 Å². The van der Waals surface area contributed by atoms with Gasteiger partial charge in [0.05, 0.1) is 6.61 Å². The summed E-state index contributed by atoms with van der Waals surface area (Å²) < 4.78 is 5.86. The zero-order chi connectivity index (χ0) is 14.1. The Hall–Kier alpha value is -1.09. The molecule has 0 radical (unpaired) electrons.